The van der Waals surface area contributed by atoms with E-state index in [-0.39, 0.29) is 6.04 Å². The lowest BCUT2D eigenvalue weighted by atomic mass is 10.2. The Hall–Kier alpha value is -1.60. The molecule has 0 aliphatic rings. The Labute approximate surface area is 123 Å². The minimum Gasteiger partial charge on any atom is -0.377 e. The van der Waals surface area contributed by atoms with Gasteiger partial charge in [0.1, 0.15) is 0 Å². The topological polar surface area (TPSA) is 71.1 Å². The number of nitrogens with one attached hydrogen (secondary N) is 2. The van der Waals surface area contributed by atoms with Crippen LogP contribution in [0.5, 0.6) is 0 Å². The minimum absolute atomic E-state index is 0.0634. The summed E-state index contributed by atoms with van der Waals surface area (Å²) in [5.41, 5.74) is 2.37. The van der Waals surface area contributed by atoms with Crippen molar-refractivity contribution in [3.63, 3.8) is 0 Å². The SMILES string of the molecule is Cc1nc(C(C)Nc2cccc(NS(C)(=O)=O)c2)cs1. The van der Waals surface area contributed by atoms with Crippen LogP contribution in [-0.2, 0) is 10.0 Å². The quantitative estimate of drug-likeness (QED) is 0.890. The van der Waals surface area contributed by atoms with E-state index in [1.54, 1.807) is 29.5 Å². The lowest BCUT2D eigenvalue weighted by Crippen LogP contribution is -2.10. The van der Waals surface area contributed by atoms with Crippen LogP contribution in [0.2, 0.25) is 0 Å². The molecule has 1 atom stereocenters. The van der Waals surface area contributed by atoms with Crippen LogP contribution in [-0.4, -0.2) is 19.7 Å². The lowest BCUT2D eigenvalue weighted by molar-refractivity contribution is 0.607. The Bertz CT molecular complexity index is 695. The summed E-state index contributed by atoms with van der Waals surface area (Å²) in [5, 5.41) is 6.36. The number of sulfonamides is 1. The summed E-state index contributed by atoms with van der Waals surface area (Å²) >= 11 is 1.61. The highest BCUT2D eigenvalue weighted by Crippen LogP contribution is 2.23. The van der Waals surface area contributed by atoms with Crippen molar-refractivity contribution in [3.05, 3.63) is 40.3 Å². The largest absolute Gasteiger partial charge is 0.377 e. The smallest absolute Gasteiger partial charge is 0.229 e. The zero-order valence-corrected chi connectivity index (χ0v) is 13.2. The van der Waals surface area contributed by atoms with Crippen molar-refractivity contribution in [2.24, 2.45) is 0 Å². The van der Waals surface area contributed by atoms with E-state index >= 15 is 0 Å². The van der Waals surface area contributed by atoms with E-state index in [1.807, 2.05) is 25.3 Å². The number of rotatable bonds is 5. The van der Waals surface area contributed by atoms with E-state index in [0.29, 0.717) is 5.69 Å². The van der Waals surface area contributed by atoms with Gasteiger partial charge in [0.15, 0.2) is 0 Å². The summed E-state index contributed by atoms with van der Waals surface area (Å²) in [5.74, 6) is 0. The predicted molar refractivity (Wildman–Crippen MR) is 83.8 cm³/mol. The molecule has 0 saturated carbocycles. The van der Waals surface area contributed by atoms with Crippen LogP contribution < -0.4 is 10.0 Å². The first-order valence-corrected chi connectivity index (χ1v) is 8.87. The van der Waals surface area contributed by atoms with Crippen LogP contribution in [0.4, 0.5) is 11.4 Å². The van der Waals surface area contributed by atoms with Crippen molar-refractivity contribution in [3.8, 4) is 0 Å². The van der Waals surface area contributed by atoms with Gasteiger partial charge in [0.2, 0.25) is 10.0 Å². The molecular weight excluding hydrogens is 294 g/mol. The van der Waals surface area contributed by atoms with Gasteiger partial charge in [0, 0.05) is 11.1 Å². The van der Waals surface area contributed by atoms with Crippen LogP contribution in [0.3, 0.4) is 0 Å². The normalized spacial score (nSPS) is 12.9. The van der Waals surface area contributed by atoms with E-state index < -0.39 is 10.0 Å². The second kappa shape index (κ2) is 5.80. The molecular formula is C13H17N3O2S2. The second-order valence-corrected chi connectivity index (χ2v) is 7.42. The van der Waals surface area contributed by atoms with Crippen molar-refractivity contribution in [1.82, 2.24) is 4.98 Å². The number of anilines is 2. The number of hydrogen-bond donors (Lipinski definition) is 2. The van der Waals surface area contributed by atoms with Gasteiger partial charge in [-0.2, -0.15) is 0 Å². The molecule has 0 aliphatic carbocycles. The zero-order chi connectivity index (χ0) is 14.8. The molecule has 2 N–H and O–H groups in total. The molecule has 0 bridgehead atoms. The average molecular weight is 311 g/mol. The van der Waals surface area contributed by atoms with Crippen molar-refractivity contribution in [2.45, 2.75) is 19.9 Å². The van der Waals surface area contributed by atoms with E-state index in [1.165, 1.54) is 0 Å². The highest BCUT2D eigenvalue weighted by atomic mass is 32.2. The van der Waals surface area contributed by atoms with E-state index in [4.69, 9.17) is 0 Å². The van der Waals surface area contributed by atoms with Gasteiger partial charge in [0.05, 0.1) is 28.7 Å². The average Bonchev–Trinajstić information content (AvgIpc) is 2.74. The first-order valence-electron chi connectivity index (χ1n) is 6.10. The summed E-state index contributed by atoms with van der Waals surface area (Å²) in [6, 6.07) is 7.23. The molecule has 1 unspecified atom stereocenters. The number of hydrogen-bond acceptors (Lipinski definition) is 5. The third-order valence-electron chi connectivity index (χ3n) is 2.63. The third kappa shape index (κ3) is 4.21. The van der Waals surface area contributed by atoms with Crippen molar-refractivity contribution >= 4 is 32.7 Å². The Balaban J connectivity index is 2.11. The summed E-state index contributed by atoms with van der Waals surface area (Å²) in [6.45, 7) is 3.99. The molecule has 108 valence electrons. The maximum Gasteiger partial charge on any atom is 0.229 e. The van der Waals surface area contributed by atoms with Crippen molar-refractivity contribution < 1.29 is 8.42 Å². The molecule has 5 nitrogen and oxygen atoms in total. The highest BCUT2D eigenvalue weighted by Gasteiger charge is 2.09. The van der Waals surface area contributed by atoms with E-state index in [2.05, 4.69) is 15.0 Å². The number of aryl methyl sites for hydroxylation is 1. The third-order valence-corrected chi connectivity index (χ3v) is 4.03. The molecule has 2 aromatic rings. The maximum atomic E-state index is 11.2. The van der Waals surface area contributed by atoms with Crippen LogP contribution >= 0.6 is 11.3 Å². The van der Waals surface area contributed by atoms with Crippen molar-refractivity contribution in [1.29, 1.82) is 0 Å². The summed E-state index contributed by atoms with van der Waals surface area (Å²) in [6.07, 6.45) is 1.13. The van der Waals surface area contributed by atoms with Crippen LogP contribution in [0.15, 0.2) is 29.6 Å². The first kappa shape index (κ1) is 14.8. The van der Waals surface area contributed by atoms with Gasteiger partial charge in [-0.3, -0.25) is 4.72 Å². The molecule has 0 fully saturated rings. The van der Waals surface area contributed by atoms with Crippen LogP contribution in [0, 0.1) is 6.92 Å². The fraction of sp³-hybridized carbons (Fsp3) is 0.308. The van der Waals surface area contributed by atoms with Crippen LogP contribution in [0.25, 0.3) is 0 Å². The second-order valence-electron chi connectivity index (χ2n) is 4.61. The van der Waals surface area contributed by atoms with Gasteiger partial charge < -0.3 is 5.32 Å². The Kier molecular flexibility index (Phi) is 4.29. The van der Waals surface area contributed by atoms with Gasteiger partial charge in [-0.15, -0.1) is 11.3 Å². The zero-order valence-electron chi connectivity index (χ0n) is 11.5. The number of aromatic nitrogens is 1. The fourth-order valence-corrected chi connectivity index (χ4v) is 3.05. The molecule has 20 heavy (non-hydrogen) atoms. The summed E-state index contributed by atoms with van der Waals surface area (Å²) in [7, 11) is -3.26. The number of benzene rings is 1. The predicted octanol–water partition coefficient (Wildman–Crippen LogP) is 3.00. The molecule has 0 amide bonds. The van der Waals surface area contributed by atoms with E-state index in [0.717, 1.165) is 22.6 Å². The molecule has 0 aliphatic heterocycles. The minimum atomic E-state index is -3.26. The van der Waals surface area contributed by atoms with E-state index in [9.17, 15) is 8.42 Å². The van der Waals surface area contributed by atoms with Gasteiger partial charge in [-0.25, -0.2) is 13.4 Å². The Morgan fingerprint density at radius 1 is 1.30 bits per heavy atom. The molecule has 0 spiro atoms. The molecule has 1 heterocycles. The Morgan fingerprint density at radius 2 is 2.00 bits per heavy atom. The Morgan fingerprint density at radius 3 is 2.60 bits per heavy atom. The standard InChI is InChI=1S/C13H17N3O2S2/c1-9(13-8-19-10(2)15-13)14-11-5-4-6-12(7-11)16-20(3,17)18/h4-9,14,16H,1-3H3. The van der Waals surface area contributed by atoms with Gasteiger partial charge in [0.25, 0.3) is 0 Å². The number of nitrogens with zero attached hydrogens (tertiary/aromatic N) is 1. The molecule has 0 radical (unpaired) electrons. The maximum absolute atomic E-state index is 11.2. The molecule has 7 heteroatoms. The number of thiazole rings is 1. The first-order chi connectivity index (χ1) is 9.33. The van der Waals surface area contributed by atoms with Crippen LogP contribution in [0.1, 0.15) is 23.7 Å². The van der Waals surface area contributed by atoms with Gasteiger partial charge in [-0.1, -0.05) is 6.07 Å². The highest BCUT2D eigenvalue weighted by molar-refractivity contribution is 7.92. The molecule has 0 saturated heterocycles. The fourth-order valence-electron chi connectivity index (χ4n) is 1.79. The van der Waals surface area contributed by atoms with Crippen molar-refractivity contribution in [2.75, 3.05) is 16.3 Å². The lowest BCUT2D eigenvalue weighted by Gasteiger charge is -2.14. The molecule has 1 aromatic heterocycles. The summed E-state index contributed by atoms with van der Waals surface area (Å²) in [4.78, 5) is 4.43. The van der Waals surface area contributed by atoms with Gasteiger partial charge >= 0.3 is 0 Å². The van der Waals surface area contributed by atoms with Gasteiger partial charge in [-0.05, 0) is 32.0 Å². The monoisotopic (exact) mass is 311 g/mol. The molecule has 1 aromatic carbocycles. The summed E-state index contributed by atoms with van der Waals surface area (Å²) < 4.78 is 24.9. The molecule has 2 rings (SSSR count).